The summed E-state index contributed by atoms with van der Waals surface area (Å²) in [5, 5.41) is 1.16. The van der Waals surface area contributed by atoms with Gasteiger partial charge in [-0.2, -0.15) is 0 Å². The summed E-state index contributed by atoms with van der Waals surface area (Å²) in [6.45, 7) is 0.279. The van der Waals surface area contributed by atoms with Crippen molar-refractivity contribution in [3.8, 4) is 5.75 Å². The Hall–Kier alpha value is -1.55. The maximum Gasteiger partial charge on any atom is 0.138 e. The third kappa shape index (κ3) is 1.85. The van der Waals surface area contributed by atoms with E-state index in [0.717, 1.165) is 16.7 Å². The van der Waals surface area contributed by atoms with Crippen molar-refractivity contribution < 1.29 is 4.74 Å². The summed E-state index contributed by atoms with van der Waals surface area (Å²) in [6.07, 6.45) is 1.89. The molecule has 0 aliphatic carbocycles. The molecule has 2 aromatic rings. The van der Waals surface area contributed by atoms with Crippen LogP contribution >= 0.6 is 12.2 Å². The molecule has 0 bridgehead atoms. The van der Waals surface area contributed by atoms with Crippen molar-refractivity contribution in [2.45, 2.75) is 0 Å². The molecule has 0 fully saturated rings. The summed E-state index contributed by atoms with van der Waals surface area (Å²) in [6, 6.07) is 7.81. The van der Waals surface area contributed by atoms with E-state index in [0.29, 0.717) is 4.99 Å². The Kier molecular flexibility index (Phi) is 2.37. The van der Waals surface area contributed by atoms with Crippen LogP contribution in [-0.2, 0) is 0 Å². The van der Waals surface area contributed by atoms with Crippen LogP contribution < -0.4 is 10.5 Å². The van der Waals surface area contributed by atoms with Crippen LogP contribution in [0.1, 0.15) is 0 Å². The lowest BCUT2D eigenvalue weighted by Crippen LogP contribution is -2.17. The Balaban J connectivity index is 2.21. The Morgan fingerprint density at radius 3 is 3.07 bits per heavy atom. The van der Waals surface area contributed by atoms with Gasteiger partial charge >= 0.3 is 0 Å². The number of nitrogens with one attached hydrogen (secondary N) is 1. The van der Waals surface area contributed by atoms with Gasteiger partial charge in [-0.25, -0.2) is 0 Å². The molecule has 0 spiro atoms. The van der Waals surface area contributed by atoms with Gasteiger partial charge in [-0.3, -0.25) is 0 Å². The Morgan fingerprint density at radius 2 is 2.29 bits per heavy atom. The molecule has 4 heteroatoms. The second kappa shape index (κ2) is 3.67. The molecular formula is C10H10N2OS. The molecule has 0 aliphatic heterocycles. The summed E-state index contributed by atoms with van der Waals surface area (Å²) in [5.74, 6) is 0.771. The number of aromatic nitrogens is 1. The van der Waals surface area contributed by atoms with Crippen LogP contribution in [0.25, 0.3) is 10.9 Å². The number of thiocarbonyl (C=S) groups is 1. The van der Waals surface area contributed by atoms with Crippen molar-refractivity contribution in [1.29, 1.82) is 0 Å². The monoisotopic (exact) mass is 206 g/mol. The summed E-state index contributed by atoms with van der Waals surface area (Å²) in [4.78, 5) is 3.46. The molecule has 14 heavy (non-hydrogen) atoms. The predicted molar refractivity (Wildman–Crippen MR) is 60.6 cm³/mol. The van der Waals surface area contributed by atoms with Gasteiger partial charge in [-0.1, -0.05) is 12.2 Å². The molecule has 0 saturated carbocycles. The smallest absolute Gasteiger partial charge is 0.138 e. The summed E-state index contributed by atoms with van der Waals surface area (Å²) in [7, 11) is 0. The average molecular weight is 206 g/mol. The zero-order valence-electron chi connectivity index (χ0n) is 7.49. The molecule has 1 aromatic carbocycles. The number of fused-ring (bicyclic) bond motifs is 1. The third-order valence-electron chi connectivity index (χ3n) is 1.91. The maximum atomic E-state index is 5.36. The van der Waals surface area contributed by atoms with Gasteiger partial charge in [0.05, 0.1) is 0 Å². The number of benzene rings is 1. The van der Waals surface area contributed by atoms with Gasteiger partial charge in [0, 0.05) is 17.8 Å². The van der Waals surface area contributed by atoms with Crippen molar-refractivity contribution in [3.05, 3.63) is 30.5 Å². The topological polar surface area (TPSA) is 51.0 Å². The molecule has 3 nitrogen and oxygen atoms in total. The van der Waals surface area contributed by atoms with Crippen molar-refractivity contribution in [3.63, 3.8) is 0 Å². The number of nitrogens with two attached hydrogens (primary N) is 1. The molecule has 72 valence electrons. The van der Waals surface area contributed by atoms with E-state index < -0.39 is 0 Å². The second-order valence-electron chi connectivity index (χ2n) is 2.98. The van der Waals surface area contributed by atoms with E-state index in [1.807, 2.05) is 30.5 Å². The fraction of sp³-hybridized carbons (Fsp3) is 0.100. The minimum absolute atomic E-state index is 0.279. The number of hydrogen-bond donors (Lipinski definition) is 2. The number of aromatic amines is 1. The normalized spacial score (nSPS) is 10.3. The molecule has 3 N–H and O–H groups in total. The van der Waals surface area contributed by atoms with Gasteiger partial charge in [-0.15, -0.1) is 0 Å². The predicted octanol–water partition coefficient (Wildman–Crippen LogP) is 1.83. The standard InChI is InChI=1S/C10H10N2OS/c11-10(14)6-13-8-2-1-7-3-4-12-9(7)5-8/h1-5,12H,6H2,(H2,11,14). The van der Waals surface area contributed by atoms with Crippen LogP contribution in [0.4, 0.5) is 0 Å². The first-order valence-electron chi connectivity index (χ1n) is 4.24. The quantitative estimate of drug-likeness (QED) is 0.753. The van der Waals surface area contributed by atoms with Gasteiger partial charge in [0.1, 0.15) is 17.3 Å². The van der Waals surface area contributed by atoms with Crippen LogP contribution in [0, 0.1) is 0 Å². The van der Waals surface area contributed by atoms with E-state index in [-0.39, 0.29) is 6.61 Å². The number of rotatable bonds is 3. The molecule has 1 heterocycles. The highest BCUT2D eigenvalue weighted by atomic mass is 32.1. The number of hydrogen-bond acceptors (Lipinski definition) is 2. The van der Waals surface area contributed by atoms with Crippen LogP contribution in [0.15, 0.2) is 30.5 Å². The highest BCUT2D eigenvalue weighted by Crippen LogP contribution is 2.19. The van der Waals surface area contributed by atoms with Crippen LogP contribution in [0.5, 0.6) is 5.75 Å². The van der Waals surface area contributed by atoms with E-state index in [4.69, 9.17) is 22.7 Å². The molecule has 0 radical (unpaired) electrons. The van der Waals surface area contributed by atoms with Crippen LogP contribution in [0.2, 0.25) is 0 Å². The molecule has 0 amide bonds. The van der Waals surface area contributed by atoms with Gasteiger partial charge in [0.2, 0.25) is 0 Å². The molecule has 2 rings (SSSR count). The number of H-pyrrole nitrogens is 1. The first kappa shape index (κ1) is 9.02. The highest BCUT2D eigenvalue weighted by Gasteiger charge is 1.98. The SMILES string of the molecule is NC(=S)COc1ccc2cc[nH]c2c1. The molecular weight excluding hydrogens is 196 g/mol. The first-order chi connectivity index (χ1) is 6.75. The minimum Gasteiger partial charge on any atom is -0.486 e. The summed E-state index contributed by atoms with van der Waals surface area (Å²) < 4.78 is 5.36. The average Bonchev–Trinajstić information content (AvgIpc) is 2.61. The lowest BCUT2D eigenvalue weighted by molar-refractivity contribution is 0.378. The van der Waals surface area contributed by atoms with Gasteiger partial charge in [-0.05, 0) is 23.6 Å². The minimum atomic E-state index is 0.279. The lowest BCUT2D eigenvalue weighted by Gasteiger charge is -2.04. The third-order valence-corrected chi connectivity index (χ3v) is 2.03. The summed E-state index contributed by atoms with van der Waals surface area (Å²) >= 11 is 4.72. The number of ether oxygens (including phenoxy) is 1. The van der Waals surface area contributed by atoms with Crippen LogP contribution in [-0.4, -0.2) is 16.6 Å². The highest BCUT2D eigenvalue weighted by molar-refractivity contribution is 7.80. The van der Waals surface area contributed by atoms with E-state index in [2.05, 4.69) is 4.98 Å². The zero-order chi connectivity index (χ0) is 9.97. The molecule has 0 atom stereocenters. The second-order valence-corrected chi connectivity index (χ2v) is 3.51. The summed E-state index contributed by atoms with van der Waals surface area (Å²) in [5.41, 5.74) is 6.38. The molecule has 0 unspecified atom stereocenters. The Bertz CT molecular complexity index is 464. The van der Waals surface area contributed by atoms with E-state index >= 15 is 0 Å². The fourth-order valence-corrected chi connectivity index (χ4v) is 1.33. The Morgan fingerprint density at radius 1 is 1.43 bits per heavy atom. The van der Waals surface area contributed by atoms with Crippen molar-refractivity contribution in [2.75, 3.05) is 6.61 Å². The van der Waals surface area contributed by atoms with Gasteiger partial charge < -0.3 is 15.5 Å². The van der Waals surface area contributed by atoms with Crippen LogP contribution in [0.3, 0.4) is 0 Å². The van der Waals surface area contributed by atoms with Crippen molar-refractivity contribution in [2.24, 2.45) is 5.73 Å². The molecule has 0 saturated heterocycles. The molecule has 1 aromatic heterocycles. The fourth-order valence-electron chi connectivity index (χ4n) is 1.27. The van der Waals surface area contributed by atoms with Gasteiger partial charge in [0.25, 0.3) is 0 Å². The van der Waals surface area contributed by atoms with E-state index in [1.165, 1.54) is 0 Å². The maximum absolute atomic E-state index is 5.36. The molecule has 0 aliphatic rings. The van der Waals surface area contributed by atoms with Crippen molar-refractivity contribution >= 4 is 28.1 Å². The zero-order valence-corrected chi connectivity index (χ0v) is 8.30. The van der Waals surface area contributed by atoms with Crippen molar-refractivity contribution in [1.82, 2.24) is 4.98 Å². The largest absolute Gasteiger partial charge is 0.486 e. The van der Waals surface area contributed by atoms with E-state index in [9.17, 15) is 0 Å². The van der Waals surface area contributed by atoms with Gasteiger partial charge in [0.15, 0.2) is 0 Å². The van der Waals surface area contributed by atoms with E-state index in [1.54, 1.807) is 0 Å². The first-order valence-corrected chi connectivity index (χ1v) is 4.65. The lowest BCUT2D eigenvalue weighted by atomic mass is 10.2. The Labute approximate surface area is 86.9 Å².